The van der Waals surface area contributed by atoms with Crippen LogP contribution in [0.15, 0.2) is 40.6 Å². The van der Waals surface area contributed by atoms with Gasteiger partial charge in [-0.1, -0.05) is 12.1 Å². The van der Waals surface area contributed by atoms with Gasteiger partial charge in [0.2, 0.25) is 0 Å². The molecule has 5 nitrogen and oxygen atoms in total. The number of aromatic nitrogens is 2. The summed E-state index contributed by atoms with van der Waals surface area (Å²) in [5, 5.41) is 7.55. The Bertz CT molecular complexity index is 833. The van der Waals surface area contributed by atoms with Crippen molar-refractivity contribution in [3.63, 3.8) is 0 Å². The third kappa shape index (κ3) is 2.22. The van der Waals surface area contributed by atoms with E-state index in [0.717, 1.165) is 15.8 Å². The molecule has 2 heterocycles. The topological polar surface area (TPSA) is 74.8 Å². The first kappa shape index (κ1) is 12.2. The Morgan fingerprint density at radius 2 is 2.00 bits per heavy atom. The van der Waals surface area contributed by atoms with Crippen LogP contribution in [0.25, 0.3) is 10.9 Å². The van der Waals surface area contributed by atoms with Crippen LogP contribution in [0.5, 0.6) is 0 Å². The van der Waals surface area contributed by atoms with Gasteiger partial charge in [0, 0.05) is 10.3 Å². The molecule has 0 spiro atoms. The summed E-state index contributed by atoms with van der Waals surface area (Å²) >= 11 is 1.23. The van der Waals surface area contributed by atoms with Gasteiger partial charge >= 0.3 is 0 Å². The van der Waals surface area contributed by atoms with Crippen LogP contribution in [0.3, 0.4) is 0 Å². The van der Waals surface area contributed by atoms with E-state index in [1.807, 2.05) is 31.2 Å². The second-order valence-corrected chi connectivity index (χ2v) is 7.29. The number of rotatable bonds is 3. The number of anilines is 1. The van der Waals surface area contributed by atoms with Gasteiger partial charge in [0.15, 0.2) is 5.82 Å². The standard InChI is InChI=1S/C12H11N3O2S2/c1-8-6-7-11(18-8)19(16,17)15-12-9-4-2-3-5-10(9)13-14-12/h2-7H,1H3,(H2,13,14,15). The van der Waals surface area contributed by atoms with Gasteiger partial charge in [0.05, 0.1) is 5.52 Å². The molecular weight excluding hydrogens is 282 g/mol. The third-order valence-electron chi connectivity index (χ3n) is 2.68. The summed E-state index contributed by atoms with van der Waals surface area (Å²) in [6.45, 7) is 1.87. The van der Waals surface area contributed by atoms with Gasteiger partial charge < -0.3 is 0 Å². The maximum atomic E-state index is 12.2. The lowest BCUT2D eigenvalue weighted by Gasteiger charge is -2.02. The summed E-state index contributed by atoms with van der Waals surface area (Å²) in [6.07, 6.45) is 0. The first-order valence-electron chi connectivity index (χ1n) is 5.59. The largest absolute Gasteiger partial charge is 0.276 e. The molecule has 0 fully saturated rings. The van der Waals surface area contributed by atoms with Gasteiger partial charge in [-0.05, 0) is 31.2 Å². The molecule has 0 amide bonds. The van der Waals surface area contributed by atoms with Crippen LogP contribution in [0.1, 0.15) is 4.88 Å². The average Bonchev–Trinajstić information content (AvgIpc) is 2.97. The Morgan fingerprint density at radius 3 is 2.74 bits per heavy atom. The highest BCUT2D eigenvalue weighted by Crippen LogP contribution is 2.26. The van der Waals surface area contributed by atoms with Crippen molar-refractivity contribution in [2.75, 3.05) is 4.72 Å². The zero-order valence-electron chi connectivity index (χ0n) is 10.0. The number of benzene rings is 1. The zero-order valence-corrected chi connectivity index (χ0v) is 11.7. The van der Waals surface area contributed by atoms with Crippen LogP contribution in [-0.2, 0) is 10.0 Å². The van der Waals surface area contributed by atoms with E-state index in [-0.39, 0.29) is 4.21 Å². The third-order valence-corrected chi connectivity index (χ3v) is 5.51. The Kier molecular flexibility index (Phi) is 2.79. The molecule has 0 aliphatic heterocycles. The minimum absolute atomic E-state index is 0.289. The van der Waals surface area contributed by atoms with Crippen molar-refractivity contribution in [2.45, 2.75) is 11.1 Å². The minimum Gasteiger partial charge on any atom is -0.276 e. The number of para-hydroxylation sites is 1. The summed E-state index contributed by atoms with van der Waals surface area (Å²) in [7, 11) is -3.57. The smallest absolute Gasteiger partial charge is 0.272 e. The lowest BCUT2D eigenvalue weighted by atomic mass is 10.2. The van der Waals surface area contributed by atoms with Gasteiger partial charge in [0.25, 0.3) is 10.0 Å². The predicted octanol–water partition coefficient (Wildman–Crippen LogP) is 2.73. The average molecular weight is 293 g/mol. The van der Waals surface area contributed by atoms with E-state index in [9.17, 15) is 8.42 Å². The number of nitrogens with zero attached hydrogens (tertiary/aromatic N) is 1. The van der Waals surface area contributed by atoms with Crippen molar-refractivity contribution < 1.29 is 8.42 Å². The Morgan fingerprint density at radius 1 is 1.21 bits per heavy atom. The fraction of sp³-hybridized carbons (Fsp3) is 0.0833. The molecule has 0 saturated carbocycles. The van der Waals surface area contributed by atoms with Crippen LogP contribution in [-0.4, -0.2) is 18.6 Å². The van der Waals surface area contributed by atoms with E-state index >= 15 is 0 Å². The molecule has 0 aliphatic carbocycles. The van der Waals surface area contributed by atoms with Crippen LogP contribution in [0.2, 0.25) is 0 Å². The zero-order chi connectivity index (χ0) is 13.5. The van der Waals surface area contributed by atoms with Gasteiger partial charge in [-0.3, -0.25) is 9.82 Å². The molecule has 98 valence electrons. The Labute approximate surface area is 114 Å². The number of H-pyrrole nitrogens is 1. The van der Waals surface area contributed by atoms with Crippen molar-refractivity contribution in [1.29, 1.82) is 0 Å². The number of hydrogen-bond donors (Lipinski definition) is 2. The first-order valence-corrected chi connectivity index (χ1v) is 7.88. The molecular formula is C12H11N3O2S2. The maximum absolute atomic E-state index is 12.2. The first-order chi connectivity index (χ1) is 9.06. The molecule has 0 unspecified atom stereocenters. The molecule has 0 radical (unpaired) electrons. The van der Waals surface area contributed by atoms with E-state index < -0.39 is 10.0 Å². The second kappa shape index (κ2) is 4.36. The molecule has 0 saturated heterocycles. The van der Waals surface area contributed by atoms with Crippen LogP contribution in [0, 0.1) is 6.92 Å². The molecule has 0 aliphatic rings. The SMILES string of the molecule is Cc1ccc(S(=O)(=O)Nc2n[nH]c3ccccc23)s1. The number of aromatic amines is 1. The monoisotopic (exact) mass is 293 g/mol. The summed E-state index contributed by atoms with van der Waals surface area (Å²) in [5.74, 6) is 0.321. The van der Waals surface area contributed by atoms with E-state index in [2.05, 4.69) is 14.9 Å². The Hall–Kier alpha value is -1.86. The number of aryl methyl sites for hydroxylation is 1. The highest BCUT2D eigenvalue weighted by Gasteiger charge is 2.18. The van der Waals surface area contributed by atoms with E-state index in [1.165, 1.54) is 11.3 Å². The number of nitrogens with one attached hydrogen (secondary N) is 2. The molecule has 2 aromatic heterocycles. The van der Waals surface area contributed by atoms with E-state index in [4.69, 9.17) is 0 Å². The fourth-order valence-corrected chi connectivity index (χ4v) is 4.08. The van der Waals surface area contributed by atoms with Crippen molar-refractivity contribution in [2.24, 2.45) is 0 Å². The number of sulfonamides is 1. The number of hydrogen-bond acceptors (Lipinski definition) is 4. The fourth-order valence-electron chi connectivity index (χ4n) is 1.78. The van der Waals surface area contributed by atoms with E-state index in [1.54, 1.807) is 12.1 Å². The van der Waals surface area contributed by atoms with Crippen LogP contribution < -0.4 is 4.72 Å². The highest BCUT2D eigenvalue weighted by molar-refractivity contribution is 7.94. The van der Waals surface area contributed by atoms with Crippen LogP contribution in [0.4, 0.5) is 5.82 Å². The van der Waals surface area contributed by atoms with Crippen molar-refractivity contribution >= 4 is 38.1 Å². The van der Waals surface area contributed by atoms with Crippen LogP contribution >= 0.6 is 11.3 Å². The summed E-state index contributed by atoms with van der Waals surface area (Å²) in [4.78, 5) is 0.951. The van der Waals surface area contributed by atoms with Gasteiger partial charge in [-0.2, -0.15) is 5.10 Å². The van der Waals surface area contributed by atoms with Gasteiger partial charge in [0.1, 0.15) is 4.21 Å². The molecule has 0 bridgehead atoms. The van der Waals surface area contributed by atoms with Crippen molar-refractivity contribution in [1.82, 2.24) is 10.2 Å². The molecule has 3 aromatic rings. The van der Waals surface area contributed by atoms with Crippen molar-refractivity contribution in [3.8, 4) is 0 Å². The van der Waals surface area contributed by atoms with Gasteiger partial charge in [-0.25, -0.2) is 8.42 Å². The quantitative estimate of drug-likeness (QED) is 0.779. The highest BCUT2D eigenvalue weighted by atomic mass is 32.2. The predicted molar refractivity (Wildman–Crippen MR) is 76.0 cm³/mol. The maximum Gasteiger partial charge on any atom is 0.272 e. The normalized spacial score (nSPS) is 11.8. The molecule has 1 aromatic carbocycles. The Balaban J connectivity index is 2.01. The molecule has 3 rings (SSSR count). The number of fused-ring (bicyclic) bond motifs is 1. The molecule has 7 heteroatoms. The van der Waals surface area contributed by atoms with Crippen molar-refractivity contribution in [3.05, 3.63) is 41.3 Å². The lowest BCUT2D eigenvalue weighted by Crippen LogP contribution is -2.11. The summed E-state index contributed by atoms with van der Waals surface area (Å²) < 4.78 is 27.2. The molecule has 2 N–H and O–H groups in total. The molecule has 19 heavy (non-hydrogen) atoms. The lowest BCUT2D eigenvalue weighted by molar-refractivity contribution is 0.603. The second-order valence-electron chi connectivity index (χ2n) is 4.09. The van der Waals surface area contributed by atoms with E-state index in [0.29, 0.717) is 5.82 Å². The summed E-state index contributed by atoms with van der Waals surface area (Å²) in [5.41, 5.74) is 0.794. The molecule has 0 atom stereocenters. The van der Waals surface area contributed by atoms with Gasteiger partial charge in [-0.15, -0.1) is 11.3 Å². The summed E-state index contributed by atoms with van der Waals surface area (Å²) in [6, 6.07) is 10.7. The number of thiophene rings is 1. The minimum atomic E-state index is -3.57.